The second-order valence-electron chi connectivity index (χ2n) is 3.89. The number of rotatable bonds is 6. The summed E-state index contributed by atoms with van der Waals surface area (Å²) < 4.78 is 0. The fourth-order valence-corrected chi connectivity index (χ4v) is 2.03. The Hall–Kier alpha value is -0.950. The third kappa shape index (κ3) is 4.73. The Labute approximate surface area is 110 Å². The zero-order valence-corrected chi connectivity index (χ0v) is 10.9. The van der Waals surface area contributed by atoms with Gasteiger partial charge in [0.2, 0.25) is 0 Å². The Morgan fingerprint density at radius 2 is 2.17 bits per heavy atom. The highest BCUT2D eigenvalue weighted by Gasteiger charge is 2.19. The molecule has 0 radical (unpaired) electrons. The summed E-state index contributed by atoms with van der Waals surface area (Å²) >= 11 is 1.11. The second-order valence-corrected chi connectivity index (χ2v) is 5.16. The summed E-state index contributed by atoms with van der Waals surface area (Å²) in [7, 11) is 0. The summed E-state index contributed by atoms with van der Waals surface area (Å²) in [6, 6.07) is 3.21. The van der Waals surface area contributed by atoms with Gasteiger partial charge in [-0.05, 0) is 18.1 Å². The van der Waals surface area contributed by atoms with Crippen LogP contribution >= 0.6 is 11.8 Å². The summed E-state index contributed by atoms with van der Waals surface area (Å²) in [4.78, 5) is 14.7. The molecule has 0 bridgehead atoms. The number of pyridine rings is 1. The maximum atomic E-state index is 10.7. The molecule has 0 saturated carbocycles. The van der Waals surface area contributed by atoms with Crippen LogP contribution in [0.1, 0.15) is 30.7 Å². The van der Waals surface area contributed by atoms with Crippen LogP contribution in [-0.4, -0.2) is 37.3 Å². The van der Waals surface area contributed by atoms with E-state index in [1.807, 2.05) is 0 Å². The molecular weight excluding hydrogens is 254 g/mol. The molecule has 0 aliphatic heterocycles. The SMILES string of the molecule is CC(=O)SCCC(O)C(O)c1ccc(CO)cn1. The van der Waals surface area contributed by atoms with Crippen molar-refractivity contribution in [3.05, 3.63) is 29.6 Å². The van der Waals surface area contributed by atoms with E-state index in [0.717, 1.165) is 11.8 Å². The topological polar surface area (TPSA) is 90.7 Å². The second kappa shape index (κ2) is 7.48. The molecule has 18 heavy (non-hydrogen) atoms. The molecule has 1 rings (SSSR count). The van der Waals surface area contributed by atoms with Gasteiger partial charge in [0, 0.05) is 18.9 Å². The van der Waals surface area contributed by atoms with Crippen LogP contribution < -0.4 is 0 Å². The molecule has 3 N–H and O–H groups in total. The number of aromatic nitrogens is 1. The molecule has 0 fully saturated rings. The third-order valence-corrected chi connectivity index (χ3v) is 3.26. The largest absolute Gasteiger partial charge is 0.392 e. The third-order valence-electron chi connectivity index (χ3n) is 2.42. The highest BCUT2D eigenvalue weighted by atomic mass is 32.2. The lowest BCUT2D eigenvalue weighted by molar-refractivity contribution is -0.109. The highest BCUT2D eigenvalue weighted by molar-refractivity contribution is 8.13. The van der Waals surface area contributed by atoms with Crippen molar-refractivity contribution < 1.29 is 20.1 Å². The Morgan fingerprint density at radius 1 is 1.44 bits per heavy atom. The van der Waals surface area contributed by atoms with Gasteiger partial charge >= 0.3 is 0 Å². The summed E-state index contributed by atoms with van der Waals surface area (Å²) in [5, 5.41) is 28.4. The number of carbonyl (C=O) groups excluding carboxylic acids is 1. The van der Waals surface area contributed by atoms with E-state index in [1.165, 1.54) is 13.1 Å². The Bertz CT molecular complexity index is 382. The predicted molar refractivity (Wildman–Crippen MR) is 68.9 cm³/mol. The van der Waals surface area contributed by atoms with E-state index in [1.54, 1.807) is 12.1 Å². The Kier molecular flexibility index (Phi) is 6.28. The summed E-state index contributed by atoms with van der Waals surface area (Å²) in [6.45, 7) is 1.35. The van der Waals surface area contributed by atoms with Gasteiger partial charge in [-0.25, -0.2) is 0 Å². The van der Waals surface area contributed by atoms with Crippen LogP contribution in [-0.2, 0) is 11.4 Å². The summed E-state index contributed by atoms with van der Waals surface area (Å²) in [6.07, 6.45) is -0.264. The molecule has 0 amide bonds. The smallest absolute Gasteiger partial charge is 0.185 e. The van der Waals surface area contributed by atoms with E-state index in [9.17, 15) is 15.0 Å². The van der Waals surface area contributed by atoms with Crippen molar-refractivity contribution in [2.24, 2.45) is 0 Å². The molecule has 100 valence electrons. The molecule has 0 aliphatic carbocycles. The molecule has 1 heterocycles. The highest BCUT2D eigenvalue weighted by Crippen LogP contribution is 2.19. The number of carbonyl (C=O) groups is 1. The van der Waals surface area contributed by atoms with Gasteiger partial charge in [0.25, 0.3) is 0 Å². The first-order valence-corrected chi connectivity index (χ1v) is 6.58. The van der Waals surface area contributed by atoms with E-state index in [4.69, 9.17) is 5.11 Å². The molecule has 2 unspecified atom stereocenters. The van der Waals surface area contributed by atoms with Crippen LogP contribution in [0.15, 0.2) is 18.3 Å². The molecule has 2 atom stereocenters. The first kappa shape index (κ1) is 15.1. The van der Waals surface area contributed by atoms with Crippen LogP contribution in [0.5, 0.6) is 0 Å². The van der Waals surface area contributed by atoms with Crippen molar-refractivity contribution in [1.29, 1.82) is 0 Å². The van der Waals surface area contributed by atoms with Crippen LogP contribution in [0.4, 0.5) is 0 Å². The summed E-state index contributed by atoms with van der Waals surface area (Å²) in [5.74, 6) is 0.461. The lowest BCUT2D eigenvalue weighted by Gasteiger charge is -2.17. The van der Waals surface area contributed by atoms with Gasteiger partial charge in [-0.15, -0.1) is 0 Å². The minimum absolute atomic E-state index is 0.0119. The number of hydrogen-bond acceptors (Lipinski definition) is 6. The van der Waals surface area contributed by atoms with Crippen molar-refractivity contribution in [1.82, 2.24) is 4.98 Å². The molecule has 0 aromatic carbocycles. The van der Waals surface area contributed by atoms with Gasteiger partial charge in [-0.3, -0.25) is 9.78 Å². The molecular formula is C12H17NO4S. The predicted octanol–water partition coefficient (Wildman–Crippen LogP) is 0.638. The van der Waals surface area contributed by atoms with E-state index in [2.05, 4.69) is 4.98 Å². The monoisotopic (exact) mass is 271 g/mol. The minimum atomic E-state index is -1.08. The van der Waals surface area contributed by atoms with Crippen molar-refractivity contribution in [2.45, 2.75) is 32.2 Å². The maximum Gasteiger partial charge on any atom is 0.185 e. The van der Waals surface area contributed by atoms with Gasteiger partial charge in [0.15, 0.2) is 5.12 Å². The Morgan fingerprint density at radius 3 is 2.67 bits per heavy atom. The van der Waals surface area contributed by atoms with Gasteiger partial charge in [0.1, 0.15) is 6.10 Å². The molecule has 1 aromatic heterocycles. The van der Waals surface area contributed by atoms with Crippen LogP contribution in [0.25, 0.3) is 0 Å². The molecule has 6 heteroatoms. The van der Waals surface area contributed by atoms with Crippen LogP contribution in [0, 0.1) is 0 Å². The van der Waals surface area contributed by atoms with Crippen molar-refractivity contribution in [2.75, 3.05) is 5.75 Å². The van der Waals surface area contributed by atoms with Gasteiger partial charge in [-0.1, -0.05) is 17.8 Å². The quantitative estimate of drug-likeness (QED) is 0.703. The van der Waals surface area contributed by atoms with Crippen molar-refractivity contribution in [3.8, 4) is 0 Å². The average Bonchev–Trinajstić information content (AvgIpc) is 2.37. The lowest BCUT2D eigenvalue weighted by Crippen LogP contribution is -2.20. The van der Waals surface area contributed by atoms with E-state index >= 15 is 0 Å². The first-order chi connectivity index (χ1) is 8.54. The van der Waals surface area contributed by atoms with Gasteiger partial charge in [-0.2, -0.15) is 0 Å². The number of aliphatic hydroxyl groups is 3. The average molecular weight is 271 g/mol. The molecule has 0 saturated heterocycles. The van der Waals surface area contributed by atoms with Crippen LogP contribution in [0.2, 0.25) is 0 Å². The minimum Gasteiger partial charge on any atom is -0.392 e. The zero-order chi connectivity index (χ0) is 13.5. The fraction of sp³-hybridized carbons (Fsp3) is 0.500. The fourth-order valence-electron chi connectivity index (χ4n) is 1.38. The van der Waals surface area contributed by atoms with Crippen molar-refractivity contribution in [3.63, 3.8) is 0 Å². The summed E-state index contributed by atoms with van der Waals surface area (Å²) in [5.41, 5.74) is 1.00. The normalized spacial score (nSPS) is 14.2. The zero-order valence-electron chi connectivity index (χ0n) is 10.1. The molecule has 0 spiro atoms. The molecule has 5 nitrogen and oxygen atoms in total. The maximum absolute atomic E-state index is 10.7. The van der Waals surface area contributed by atoms with Gasteiger partial charge in [0.05, 0.1) is 18.4 Å². The van der Waals surface area contributed by atoms with E-state index in [-0.39, 0.29) is 11.7 Å². The number of aliphatic hydroxyl groups excluding tert-OH is 3. The number of nitrogens with zero attached hydrogens (tertiary/aromatic N) is 1. The van der Waals surface area contributed by atoms with Crippen molar-refractivity contribution >= 4 is 16.9 Å². The lowest BCUT2D eigenvalue weighted by atomic mass is 10.1. The Balaban J connectivity index is 2.51. The number of thioether (sulfide) groups is 1. The van der Waals surface area contributed by atoms with E-state index in [0.29, 0.717) is 23.4 Å². The van der Waals surface area contributed by atoms with E-state index < -0.39 is 12.2 Å². The first-order valence-electron chi connectivity index (χ1n) is 5.59. The van der Waals surface area contributed by atoms with Crippen LogP contribution in [0.3, 0.4) is 0 Å². The molecule has 0 aliphatic rings. The molecule has 1 aromatic rings. The van der Waals surface area contributed by atoms with Gasteiger partial charge < -0.3 is 15.3 Å². The number of hydrogen-bond donors (Lipinski definition) is 3. The standard InChI is InChI=1S/C12H17NO4S/c1-8(15)18-5-4-11(16)12(17)10-3-2-9(7-14)6-13-10/h2-3,6,11-12,14,16-17H,4-5,7H2,1H3.